The fraction of sp³-hybridized carbons (Fsp3) is 0.393. The Hall–Kier alpha value is -3.87. The van der Waals surface area contributed by atoms with Crippen molar-refractivity contribution in [3.05, 3.63) is 46.9 Å². The molecule has 2 fully saturated rings. The van der Waals surface area contributed by atoms with E-state index < -0.39 is 5.97 Å². The van der Waals surface area contributed by atoms with Crippen molar-refractivity contribution in [1.82, 2.24) is 19.8 Å². The van der Waals surface area contributed by atoms with Crippen molar-refractivity contribution in [2.45, 2.75) is 13.5 Å². The SMILES string of the molecule is C/C=C/C(=O)OCC(=O)N1CCN(Cc2cc3nc(-c4cccc(N)c4C=N)nc(N4CCOCC4)c3s2)CC1. The van der Waals surface area contributed by atoms with Crippen LogP contribution in [0.2, 0.25) is 0 Å². The highest BCUT2D eigenvalue weighted by molar-refractivity contribution is 7.19. The number of morpholine rings is 1. The summed E-state index contributed by atoms with van der Waals surface area (Å²) in [6.45, 7) is 7.59. The molecule has 0 radical (unpaired) electrons. The fourth-order valence-corrected chi connectivity index (χ4v) is 6.03. The number of hydrogen-bond acceptors (Lipinski definition) is 11. The number of carbonyl (C=O) groups excluding carboxylic acids is 2. The number of esters is 1. The van der Waals surface area contributed by atoms with E-state index in [4.69, 9.17) is 30.6 Å². The molecule has 5 rings (SSSR count). The Morgan fingerprint density at radius 3 is 2.65 bits per heavy atom. The number of allylic oxidation sites excluding steroid dienone is 1. The molecule has 0 bridgehead atoms. The molecule has 210 valence electrons. The first-order chi connectivity index (χ1) is 19.5. The van der Waals surface area contributed by atoms with Crippen LogP contribution in [0.15, 0.2) is 36.4 Å². The summed E-state index contributed by atoms with van der Waals surface area (Å²) in [6.07, 6.45) is 4.14. The lowest BCUT2D eigenvalue weighted by Crippen LogP contribution is -2.49. The minimum atomic E-state index is -0.508. The third kappa shape index (κ3) is 6.14. The van der Waals surface area contributed by atoms with Gasteiger partial charge in [0, 0.05) is 79.8 Å². The average molecular weight is 564 g/mol. The number of nitrogen functional groups attached to an aromatic ring is 1. The Kier molecular flexibility index (Phi) is 8.68. The molecular weight excluding hydrogens is 530 g/mol. The maximum atomic E-state index is 12.5. The molecule has 2 aliphatic heterocycles. The molecule has 1 amide bonds. The second-order valence-corrected chi connectivity index (χ2v) is 10.8. The van der Waals surface area contributed by atoms with E-state index in [1.807, 2.05) is 12.1 Å². The van der Waals surface area contributed by atoms with E-state index >= 15 is 0 Å². The normalized spacial score (nSPS) is 16.5. The van der Waals surface area contributed by atoms with Gasteiger partial charge in [-0.25, -0.2) is 14.8 Å². The summed E-state index contributed by atoms with van der Waals surface area (Å²) in [5, 5.41) is 7.89. The molecule has 1 aromatic carbocycles. The molecule has 0 aliphatic carbocycles. The number of aromatic nitrogens is 2. The van der Waals surface area contributed by atoms with Gasteiger partial charge in [-0.1, -0.05) is 18.2 Å². The summed E-state index contributed by atoms with van der Waals surface area (Å²) in [4.78, 5) is 41.3. The second-order valence-electron chi connectivity index (χ2n) is 9.61. The summed E-state index contributed by atoms with van der Waals surface area (Å²) in [7, 11) is 0. The lowest BCUT2D eigenvalue weighted by molar-refractivity contribution is -0.149. The molecule has 0 saturated carbocycles. The molecule has 4 heterocycles. The molecule has 3 N–H and O–H groups in total. The van der Waals surface area contributed by atoms with Crippen molar-refractivity contribution in [2.75, 3.05) is 69.7 Å². The van der Waals surface area contributed by atoms with Gasteiger partial charge in [0.2, 0.25) is 0 Å². The van der Waals surface area contributed by atoms with E-state index in [-0.39, 0.29) is 12.5 Å². The Bertz CT molecular complexity index is 1430. The van der Waals surface area contributed by atoms with Crippen LogP contribution in [0.1, 0.15) is 17.4 Å². The number of carbonyl (C=O) groups is 2. The number of nitrogens with one attached hydrogen (secondary N) is 1. The number of rotatable bonds is 8. The van der Waals surface area contributed by atoms with Gasteiger partial charge >= 0.3 is 5.97 Å². The first-order valence-electron chi connectivity index (χ1n) is 13.3. The summed E-state index contributed by atoms with van der Waals surface area (Å²) in [5.41, 5.74) is 8.87. The molecular formula is C28H33N7O4S. The van der Waals surface area contributed by atoms with Crippen molar-refractivity contribution < 1.29 is 19.1 Å². The predicted octanol–water partition coefficient (Wildman–Crippen LogP) is 2.54. The van der Waals surface area contributed by atoms with Crippen molar-refractivity contribution >= 4 is 51.1 Å². The summed E-state index contributed by atoms with van der Waals surface area (Å²) < 4.78 is 11.6. The maximum absolute atomic E-state index is 12.5. The minimum absolute atomic E-state index is 0.178. The minimum Gasteiger partial charge on any atom is -0.452 e. The topological polar surface area (TPSA) is 138 Å². The lowest BCUT2D eigenvalue weighted by Gasteiger charge is -2.34. The van der Waals surface area contributed by atoms with Crippen LogP contribution in [-0.4, -0.2) is 96.9 Å². The first-order valence-corrected chi connectivity index (χ1v) is 14.1. The fourth-order valence-electron chi connectivity index (χ4n) is 4.88. The number of thiophene rings is 1. The van der Waals surface area contributed by atoms with Crippen LogP contribution in [0.25, 0.3) is 21.6 Å². The number of ether oxygens (including phenoxy) is 2. The number of hydrogen-bond donors (Lipinski definition) is 2. The van der Waals surface area contributed by atoms with Crippen LogP contribution in [-0.2, 0) is 25.6 Å². The molecule has 0 atom stereocenters. The third-order valence-corrected chi connectivity index (χ3v) is 8.09. The molecule has 2 saturated heterocycles. The maximum Gasteiger partial charge on any atom is 0.330 e. The zero-order valence-corrected chi connectivity index (χ0v) is 23.3. The monoisotopic (exact) mass is 563 g/mol. The lowest BCUT2D eigenvalue weighted by atomic mass is 10.1. The second kappa shape index (κ2) is 12.5. The van der Waals surface area contributed by atoms with Gasteiger partial charge < -0.3 is 30.4 Å². The van der Waals surface area contributed by atoms with E-state index in [0.717, 1.165) is 59.2 Å². The van der Waals surface area contributed by atoms with Crippen molar-refractivity contribution in [2.24, 2.45) is 0 Å². The van der Waals surface area contributed by atoms with E-state index in [9.17, 15) is 9.59 Å². The highest BCUT2D eigenvalue weighted by Gasteiger charge is 2.24. The number of piperazine rings is 1. The molecule has 0 spiro atoms. The van der Waals surface area contributed by atoms with E-state index in [2.05, 4.69) is 15.9 Å². The van der Waals surface area contributed by atoms with E-state index in [1.54, 1.807) is 35.3 Å². The van der Waals surface area contributed by atoms with E-state index in [1.165, 1.54) is 12.3 Å². The van der Waals surface area contributed by atoms with Gasteiger partial charge in [-0.05, 0) is 19.1 Å². The molecule has 2 aromatic heterocycles. The number of amides is 1. The Morgan fingerprint density at radius 1 is 1.15 bits per heavy atom. The molecule has 0 unspecified atom stereocenters. The van der Waals surface area contributed by atoms with Crippen LogP contribution < -0.4 is 10.6 Å². The van der Waals surface area contributed by atoms with Gasteiger partial charge in [0.1, 0.15) is 0 Å². The largest absolute Gasteiger partial charge is 0.452 e. The molecule has 11 nitrogen and oxygen atoms in total. The highest BCUT2D eigenvalue weighted by Crippen LogP contribution is 2.36. The third-order valence-electron chi connectivity index (χ3n) is 6.99. The molecule has 3 aromatic rings. The molecule has 2 aliphatic rings. The van der Waals surface area contributed by atoms with Gasteiger partial charge in [0.25, 0.3) is 5.91 Å². The predicted molar refractivity (Wildman–Crippen MR) is 156 cm³/mol. The van der Waals surface area contributed by atoms with Gasteiger partial charge in [0.15, 0.2) is 18.2 Å². The summed E-state index contributed by atoms with van der Waals surface area (Å²) in [6, 6.07) is 7.65. The van der Waals surface area contributed by atoms with Gasteiger partial charge in [0.05, 0.1) is 23.4 Å². The number of fused-ring (bicyclic) bond motifs is 1. The quantitative estimate of drug-likeness (QED) is 0.183. The Morgan fingerprint density at radius 2 is 1.93 bits per heavy atom. The van der Waals surface area contributed by atoms with Crippen LogP contribution in [0.3, 0.4) is 0 Å². The average Bonchev–Trinajstić information content (AvgIpc) is 3.38. The zero-order chi connectivity index (χ0) is 28.1. The van der Waals surface area contributed by atoms with Crippen molar-refractivity contribution in [1.29, 1.82) is 5.41 Å². The highest BCUT2D eigenvalue weighted by atomic mass is 32.1. The summed E-state index contributed by atoms with van der Waals surface area (Å²) >= 11 is 1.69. The van der Waals surface area contributed by atoms with Gasteiger partial charge in [-0.15, -0.1) is 11.3 Å². The number of anilines is 2. The Balaban J connectivity index is 1.34. The molecule has 40 heavy (non-hydrogen) atoms. The molecule has 12 heteroatoms. The summed E-state index contributed by atoms with van der Waals surface area (Å²) in [5.74, 6) is 0.738. The Labute approximate surface area is 236 Å². The smallest absolute Gasteiger partial charge is 0.330 e. The zero-order valence-electron chi connectivity index (χ0n) is 22.5. The number of nitrogens with two attached hydrogens (primary N) is 1. The number of nitrogens with zero attached hydrogens (tertiary/aromatic N) is 5. The van der Waals surface area contributed by atoms with Crippen LogP contribution in [0.4, 0.5) is 11.5 Å². The van der Waals surface area contributed by atoms with Gasteiger partial charge in [-0.3, -0.25) is 9.69 Å². The van der Waals surface area contributed by atoms with E-state index in [0.29, 0.717) is 43.4 Å². The van der Waals surface area contributed by atoms with Crippen LogP contribution >= 0.6 is 11.3 Å². The van der Waals surface area contributed by atoms with Crippen LogP contribution in [0, 0.1) is 5.41 Å². The standard InChI is InChI=1S/C28H33N7O4S/c1-2-4-25(37)39-18-24(36)34-9-7-33(8-10-34)17-19-15-23-26(40-19)28(35-11-13-38-14-12-35)32-27(31-23)20-5-3-6-22(30)21(20)16-29/h2-6,15-16,29H,7-14,17-18,30H2,1H3/b4-2+,29-16?. The van der Waals surface area contributed by atoms with Crippen molar-refractivity contribution in [3.8, 4) is 11.4 Å². The van der Waals surface area contributed by atoms with Crippen molar-refractivity contribution in [3.63, 3.8) is 0 Å². The van der Waals surface area contributed by atoms with Gasteiger partial charge in [-0.2, -0.15) is 0 Å². The number of benzene rings is 1. The first kappa shape index (κ1) is 27.7. The van der Waals surface area contributed by atoms with Crippen LogP contribution in [0.5, 0.6) is 0 Å².